The Hall–Kier alpha value is -1.08. The van der Waals surface area contributed by atoms with E-state index in [1.54, 1.807) is 6.92 Å². The summed E-state index contributed by atoms with van der Waals surface area (Å²) in [5, 5.41) is 9.21. The van der Waals surface area contributed by atoms with E-state index in [1.165, 1.54) is 18.2 Å². The molecule has 1 aromatic rings. The maximum atomic E-state index is 12.5. The van der Waals surface area contributed by atoms with Gasteiger partial charge in [0.15, 0.2) is 0 Å². The highest BCUT2D eigenvalue weighted by Gasteiger charge is 2.26. The first-order chi connectivity index (χ1) is 8.84. The van der Waals surface area contributed by atoms with Gasteiger partial charge in [0.25, 0.3) is 0 Å². The topological polar surface area (TPSA) is 83.6 Å². The van der Waals surface area contributed by atoms with Crippen molar-refractivity contribution in [3.05, 3.63) is 35.4 Å². The fraction of sp³-hybridized carbons (Fsp3) is 0.333. The van der Waals surface area contributed by atoms with Crippen LogP contribution in [0.4, 0.5) is 5.69 Å². The third-order valence-corrected chi connectivity index (χ3v) is 4.87. The highest BCUT2D eigenvalue weighted by molar-refractivity contribution is 7.89. The van der Waals surface area contributed by atoms with E-state index < -0.39 is 10.0 Å². The van der Waals surface area contributed by atoms with Crippen LogP contribution in [0, 0.1) is 6.92 Å². The van der Waals surface area contributed by atoms with Crippen molar-refractivity contribution in [3.8, 4) is 0 Å². The molecule has 0 saturated carbocycles. The summed E-state index contributed by atoms with van der Waals surface area (Å²) in [4.78, 5) is 0.0489. The fourth-order valence-electron chi connectivity index (χ4n) is 1.65. The molecule has 0 saturated heterocycles. The second-order valence-corrected chi connectivity index (χ2v) is 6.34. The van der Waals surface area contributed by atoms with E-state index >= 15 is 0 Å². The molecule has 0 radical (unpaired) electrons. The average Bonchev–Trinajstić information content (AvgIpc) is 2.33. The number of nitrogens with zero attached hydrogens (tertiary/aromatic N) is 1. The molecule has 19 heavy (non-hydrogen) atoms. The lowest BCUT2D eigenvalue weighted by molar-refractivity contribution is 0.260. The van der Waals surface area contributed by atoms with Gasteiger partial charge in [-0.3, -0.25) is 0 Å². The Morgan fingerprint density at radius 2 is 2.16 bits per heavy atom. The summed E-state index contributed by atoms with van der Waals surface area (Å²) in [6.45, 7) is 4.94. The number of nitrogens with two attached hydrogens (primary N) is 1. The SMILES string of the molecule is C=CCN(CCO)S(=O)(=O)c1cc(Cl)cc(N)c1C. The zero-order valence-electron chi connectivity index (χ0n) is 10.6. The molecule has 0 aliphatic heterocycles. The molecular formula is C12H17ClN2O3S. The maximum absolute atomic E-state index is 12.5. The lowest BCUT2D eigenvalue weighted by Crippen LogP contribution is -2.34. The Bertz CT molecular complexity index is 573. The van der Waals surface area contributed by atoms with Gasteiger partial charge in [-0.1, -0.05) is 17.7 Å². The molecule has 1 rings (SSSR count). The van der Waals surface area contributed by atoms with E-state index in [2.05, 4.69) is 6.58 Å². The van der Waals surface area contributed by atoms with Crippen LogP contribution in [0.3, 0.4) is 0 Å². The standard InChI is InChI=1S/C12H17ClN2O3S/c1-3-4-15(5-6-16)19(17,18)12-8-10(13)7-11(14)9(12)2/h3,7-8,16H,1,4-6,14H2,2H3. The van der Waals surface area contributed by atoms with Crippen LogP contribution in [0.15, 0.2) is 29.7 Å². The van der Waals surface area contributed by atoms with Gasteiger partial charge in [0.2, 0.25) is 10.0 Å². The first kappa shape index (κ1) is 16.0. The first-order valence-electron chi connectivity index (χ1n) is 5.62. The molecule has 7 heteroatoms. The van der Waals surface area contributed by atoms with Crippen LogP contribution in [-0.2, 0) is 10.0 Å². The van der Waals surface area contributed by atoms with Gasteiger partial charge in [-0.2, -0.15) is 4.31 Å². The van der Waals surface area contributed by atoms with Gasteiger partial charge in [0.1, 0.15) is 0 Å². The highest BCUT2D eigenvalue weighted by Crippen LogP contribution is 2.28. The van der Waals surface area contributed by atoms with Crippen LogP contribution in [0.25, 0.3) is 0 Å². The van der Waals surface area contributed by atoms with Crippen molar-refractivity contribution >= 4 is 27.3 Å². The van der Waals surface area contributed by atoms with E-state index in [4.69, 9.17) is 22.4 Å². The van der Waals surface area contributed by atoms with Gasteiger partial charge < -0.3 is 10.8 Å². The predicted octanol–water partition coefficient (Wildman–Crippen LogP) is 1.40. The molecule has 0 unspecified atom stereocenters. The molecule has 0 bridgehead atoms. The van der Waals surface area contributed by atoms with Gasteiger partial charge in [0, 0.05) is 23.8 Å². The maximum Gasteiger partial charge on any atom is 0.243 e. The summed E-state index contributed by atoms with van der Waals surface area (Å²) in [5.41, 5.74) is 6.48. The highest BCUT2D eigenvalue weighted by atomic mass is 35.5. The van der Waals surface area contributed by atoms with Gasteiger partial charge in [0.05, 0.1) is 11.5 Å². The van der Waals surface area contributed by atoms with Crippen LogP contribution >= 0.6 is 11.6 Å². The molecule has 0 heterocycles. The van der Waals surface area contributed by atoms with E-state index in [1.807, 2.05) is 0 Å². The number of aliphatic hydroxyl groups is 1. The molecule has 0 atom stereocenters. The summed E-state index contributed by atoms with van der Waals surface area (Å²) in [5.74, 6) is 0. The number of sulfonamides is 1. The number of hydrogen-bond donors (Lipinski definition) is 2. The summed E-state index contributed by atoms with van der Waals surface area (Å²) < 4.78 is 26.1. The molecule has 3 N–H and O–H groups in total. The van der Waals surface area contributed by atoms with Crippen molar-refractivity contribution in [1.29, 1.82) is 0 Å². The van der Waals surface area contributed by atoms with Crippen LogP contribution in [0.2, 0.25) is 5.02 Å². The Morgan fingerprint density at radius 3 is 2.68 bits per heavy atom. The normalized spacial score (nSPS) is 11.8. The number of hydrogen-bond acceptors (Lipinski definition) is 4. The van der Waals surface area contributed by atoms with Gasteiger partial charge in [-0.15, -0.1) is 6.58 Å². The van der Waals surface area contributed by atoms with Crippen molar-refractivity contribution in [2.75, 3.05) is 25.4 Å². The second kappa shape index (κ2) is 6.38. The second-order valence-electron chi connectivity index (χ2n) is 3.99. The Labute approximate surface area is 118 Å². The van der Waals surface area contributed by atoms with Crippen molar-refractivity contribution in [1.82, 2.24) is 4.31 Å². The van der Waals surface area contributed by atoms with Crippen LogP contribution in [0.1, 0.15) is 5.56 Å². The Balaban J connectivity index is 3.36. The number of aliphatic hydroxyl groups excluding tert-OH is 1. The largest absolute Gasteiger partial charge is 0.398 e. The summed E-state index contributed by atoms with van der Waals surface area (Å²) in [6, 6.07) is 2.86. The lowest BCUT2D eigenvalue weighted by Gasteiger charge is -2.21. The van der Waals surface area contributed by atoms with Crippen molar-refractivity contribution in [3.63, 3.8) is 0 Å². The monoisotopic (exact) mass is 304 g/mol. The minimum atomic E-state index is -3.76. The summed E-state index contributed by atoms with van der Waals surface area (Å²) in [6.07, 6.45) is 1.45. The molecular weight excluding hydrogens is 288 g/mol. The zero-order chi connectivity index (χ0) is 14.6. The third-order valence-electron chi connectivity index (χ3n) is 2.66. The van der Waals surface area contributed by atoms with E-state index in [9.17, 15) is 8.42 Å². The number of anilines is 1. The van der Waals surface area contributed by atoms with Crippen LogP contribution < -0.4 is 5.73 Å². The van der Waals surface area contributed by atoms with E-state index in [-0.39, 0.29) is 29.6 Å². The van der Waals surface area contributed by atoms with Crippen LogP contribution in [0.5, 0.6) is 0 Å². The minimum absolute atomic E-state index is 0.0137. The minimum Gasteiger partial charge on any atom is -0.398 e. The predicted molar refractivity (Wildman–Crippen MR) is 76.6 cm³/mol. The molecule has 0 aromatic heterocycles. The molecule has 0 fully saturated rings. The molecule has 0 spiro atoms. The molecule has 106 valence electrons. The molecule has 1 aromatic carbocycles. The first-order valence-corrected chi connectivity index (χ1v) is 7.44. The Morgan fingerprint density at radius 1 is 1.53 bits per heavy atom. The van der Waals surface area contributed by atoms with Crippen LogP contribution in [-0.4, -0.2) is 37.5 Å². The summed E-state index contributed by atoms with van der Waals surface area (Å²) in [7, 11) is -3.76. The number of benzene rings is 1. The molecule has 0 amide bonds. The fourth-order valence-corrected chi connectivity index (χ4v) is 3.62. The third kappa shape index (κ3) is 3.48. The van der Waals surface area contributed by atoms with E-state index in [0.29, 0.717) is 11.3 Å². The van der Waals surface area contributed by atoms with Crippen molar-refractivity contribution in [2.24, 2.45) is 0 Å². The number of rotatable bonds is 6. The average molecular weight is 305 g/mol. The Kier molecular flexibility index (Phi) is 5.37. The van der Waals surface area contributed by atoms with Gasteiger partial charge in [-0.05, 0) is 24.6 Å². The van der Waals surface area contributed by atoms with Crippen molar-refractivity contribution < 1.29 is 13.5 Å². The van der Waals surface area contributed by atoms with Gasteiger partial charge in [-0.25, -0.2) is 8.42 Å². The molecule has 5 nitrogen and oxygen atoms in total. The number of halogens is 1. The van der Waals surface area contributed by atoms with Crippen molar-refractivity contribution in [2.45, 2.75) is 11.8 Å². The lowest BCUT2D eigenvalue weighted by atomic mass is 10.2. The van der Waals surface area contributed by atoms with E-state index in [0.717, 1.165) is 4.31 Å². The smallest absolute Gasteiger partial charge is 0.243 e. The van der Waals surface area contributed by atoms with Gasteiger partial charge >= 0.3 is 0 Å². The zero-order valence-corrected chi connectivity index (χ0v) is 12.2. The summed E-state index contributed by atoms with van der Waals surface area (Å²) >= 11 is 5.85. The molecule has 0 aliphatic carbocycles. The molecule has 0 aliphatic rings. The number of nitrogen functional groups attached to an aromatic ring is 1. The quantitative estimate of drug-likeness (QED) is 0.614.